The van der Waals surface area contributed by atoms with E-state index >= 15 is 0 Å². The maximum Gasteiger partial charge on any atom is 0.265 e. The normalized spacial score (nSPS) is 11.5. The largest absolute Gasteiger partial charge is 0.271 e. The van der Waals surface area contributed by atoms with Crippen molar-refractivity contribution in [2.45, 2.75) is 12.5 Å². The number of nitrogens with zero attached hydrogens (tertiary/aromatic N) is 5. The Labute approximate surface area is 174 Å². The van der Waals surface area contributed by atoms with Crippen LogP contribution in [0.2, 0.25) is 0 Å². The highest BCUT2D eigenvalue weighted by Gasteiger charge is 2.22. The molecule has 1 atom stereocenters. The first kappa shape index (κ1) is 19.2. The number of hydrogen-bond donors (Lipinski definition) is 1. The highest BCUT2D eigenvalue weighted by atomic mass is 16.2. The minimum atomic E-state index is -0.626. The summed E-state index contributed by atoms with van der Waals surface area (Å²) in [7, 11) is 0. The van der Waals surface area contributed by atoms with Gasteiger partial charge in [0, 0.05) is 17.5 Å². The average molecular weight is 396 g/mol. The third-order valence-corrected chi connectivity index (χ3v) is 4.63. The number of aromatic nitrogens is 4. The number of benzene rings is 3. The molecule has 148 valence electrons. The molecule has 7 heteroatoms. The number of carbonyl (C=O) groups excluding carboxylic acids is 1. The molecule has 4 aromatic rings. The van der Waals surface area contributed by atoms with Crippen molar-refractivity contribution in [1.82, 2.24) is 25.6 Å². The van der Waals surface area contributed by atoms with E-state index in [0.29, 0.717) is 12.1 Å². The lowest BCUT2D eigenvalue weighted by atomic mass is 10.0. The second-order valence-electron chi connectivity index (χ2n) is 6.66. The first-order valence-corrected chi connectivity index (χ1v) is 9.56. The molecule has 30 heavy (non-hydrogen) atoms. The van der Waals surface area contributed by atoms with Crippen molar-refractivity contribution in [3.8, 4) is 0 Å². The van der Waals surface area contributed by atoms with Crippen LogP contribution in [0.3, 0.4) is 0 Å². The Hall–Kier alpha value is -4.13. The first-order valence-electron chi connectivity index (χ1n) is 9.56. The molecule has 1 heterocycles. The number of hydrogen-bond acceptors (Lipinski definition) is 5. The van der Waals surface area contributed by atoms with Crippen molar-refractivity contribution in [2.24, 2.45) is 5.10 Å². The van der Waals surface area contributed by atoms with Crippen molar-refractivity contribution in [2.75, 3.05) is 0 Å². The van der Waals surface area contributed by atoms with Gasteiger partial charge < -0.3 is 0 Å². The Morgan fingerprint density at radius 2 is 1.43 bits per heavy atom. The Balaban J connectivity index is 1.62. The van der Waals surface area contributed by atoms with Gasteiger partial charge >= 0.3 is 0 Å². The van der Waals surface area contributed by atoms with E-state index in [2.05, 4.69) is 26.1 Å². The quantitative estimate of drug-likeness (QED) is 0.384. The van der Waals surface area contributed by atoms with Crippen LogP contribution >= 0.6 is 0 Å². The highest BCUT2D eigenvalue weighted by molar-refractivity contribution is 6.13. The minimum absolute atomic E-state index is 0.296. The minimum Gasteiger partial charge on any atom is -0.271 e. The Bertz CT molecular complexity index is 1050. The van der Waals surface area contributed by atoms with Crippen LogP contribution in [-0.4, -0.2) is 31.8 Å². The Morgan fingerprint density at radius 1 is 0.867 bits per heavy atom. The molecule has 7 nitrogen and oxygen atoms in total. The fourth-order valence-corrected chi connectivity index (χ4v) is 3.13. The van der Waals surface area contributed by atoms with Gasteiger partial charge in [-0.3, -0.25) is 4.79 Å². The van der Waals surface area contributed by atoms with Gasteiger partial charge in [-0.2, -0.15) is 5.10 Å². The molecule has 3 aromatic carbocycles. The summed E-state index contributed by atoms with van der Waals surface area (Å²) in [5, 5.41) is 15.7. The highest BCUT2D eigenvalue weighted by Crippen LogP contribution is 2.14. The lowest BCUT2D eigenvalue weighted by molar-refractivity contribution is -0.124. The molecule has 0 radical (unpaired) electrons. The molecule has 0 aliphatic carbocycles. The molecule has 1 aromatic heterocycles. The van der Waals surface area contributed by atoms with Gasteiger partial charge in [-0.25, -0.2) is 10.1 Å². The van der Waals surface area contributed by atoms with Crippen LogP contribution in [-0.2, 0) is 11.2 Å². The van der Waals surface area contributed by atoms with Crippen molar-refractivity contribution < 1.29 is 4.79 Å². The van der Waals surface area contributed by atoms with Gasteiger partial charge in [-0.1, -0.05) is 91.0 Å². The summed E-state index contributed by atoms with van der Waals surface area (Å²) in [5.41, 5.74) is 6.22. The van der Waals surface area contributed by atoms with Gasteiger partial charge in [0.1, 0.15) is 12.4 Å². The number of carbonyl (C=O) groups is 1. The van der Waals surface area contributed by atoms with E-state index in [0.717, 1.165) is 16.7 Å². The number of nitrogens with one attached hydrogen (secondary N) is 1. The maximum atomic E-state index is 13.1. The van der Waals surface area contributed by atoms with Gasteiger partial charge in [0.15, 0.2) is 0 Å². The van der Waals surface area contributed by atoms with Crippen LogP contribution in [0.15, 0.2) is 102 Å². The molecular weight excluding hydrogens is 376 g/mol. The second kappa shape index (κ2) is 9.38. The fourth-order valence-electron chi connectivity index (χ4n) is 3.13. The Morgan fingerprint density at radius 3 is 1.97 bits per heavy atom. The van der Waals surface area contributed by atoms with Gasteiger partial charge in [-0.15, -0.1) is 5.10 Å². The lowest BCUT2D eigenvalue weighted by Gasteiger charge is -2.15. The zero-order chi connectivity index (χ0) is 20.6. The van der Waals surface area contributed by atoms with Gasteiger partial charge in [-0.05, 0) is 16.0 Å². The lowest BCUT2D eigenvalue weighted by Crippen LogP contribution is -2.32. The molecule has 0 aliphatic heterocycles. The monoisotopic (exact) mass is 396 g/mol. The molecule has 4 rings (SSSR count). The SMILES string of the molecule is O=C(NN=C(c1ccccc1)c1ccccc1)C(Cc1ccccc1)n1cnnn1. The number of tetrazole rings is 1. The van der Waals surface area contributed by atoms with E-state index < -0.39 is 6.04 Å². The van der Waals surface area contributed by atoms with Gasteiger partial charge in [0.2, 0.25) is 0 Å². The van der Waals surface area contributed by atoms with Crippen LogP contribution < -0.4 is 5.43 Å². The maximum absolute atomic E-state index is 13.1. The molecule has 1 unspecified atom stereocenters. The summed E-state index contributed by atoms with van der Waals surface area (Å²) in [6.07, 6.45) is 1.88. The summed E-state index contributed by atoms with van der Waals surface area (Å²) in [4.78, 5) is 13.1. The summed E-state index contributed by atoms with van der Waals surface area (Å²) in [6.45, 7) is 0. The van der Waals surface area contributed by atoms with Crippen LogP contribution in [0.25, 0.3) is 0 Å². The number of rotatable bonds is 7. The van der Waals surface area contributed by atoms with E-state index in [9.17, 15) is 4.79 Å². The zero-order valence-electron chi connectivity index (χ0n) is 16.2. The summed E-state index contributed by atoms with van der Waals surface area (Å²) in [5.74, 6) is -0.296. The van der Waals surface area contributed by atoms with Crippen LogP contribution in [0, 0.1) is 0 Å². The molecule has 0 spiro atoms. The van der Waals surface area contributed by atoms with Gasteiger partial charge in [0.25, 0.3) is 5.91 Å². The summed E-state index contributed by atoms with van der Waals surface area (Å²) < 4.78 is 1.45. The van der Waals surface area contributed by atoms with Crippen LogP contribution in [0.4, 0.5) is 0 Å². The third-order valence-electron chi connectivity index (χ3n) is 4.63. The van der Waals surface area contributed by atoms with E-state index in [1.54, 1.807) is 0 Å². The summed E-state index contributed by atoms with van der Waals surface area (Å²) >= 11 is 0. The van der Waals surface area contributed by atoms with Crippen molar-refractivity contribution in [1.29, 1.82) is 0 Å². The van der Waals surface area contributed by atoms with Crippen LogP contribution in [0.5, 0.6) is 0 Å². The standard InChI is InChI=1S/C23H20N6O/c30-23(21(29-17-24-27-28-29)16-18-10-4-1-5-11-18)26-25-22(19-12-6-2-7-13-19)20-14-8-3-9-15-20/h1-15,17,21H,16H2,(H,26,30). The van der Waals surface area contributed by atoms with E-state index in [1.807, 2.05) is 91.0 Å². The Kier molecular flexibility index (Phi) is 6.00. The smallest absolute Gasteiger partial charge is 0.265 e. The van der Waals surface area contributed by atoms with E-state index in [1.165, 1.54) is 11.0 Å². The van der Waals surface area contributed by atoms with Crippen LogP contribution in [0.1, 0.15) is 22.7 Å². The molecule has 0 aliphatic rings. The van der Waals surface area contributed by atoms with E-state index in [-0.39, 0.29) is 5.91 Å². The number of hydrazone groups is 1. The predicted molar refractivity (Wildman–Crippen MR) is 114 cm³/mol. The third kappa shape index (κ3) is 4.64. The molecule has 0 saturated carbocycles. The molecule has 1 N–H and O–H groups in total. The molecule has 0 fully saturated rings. The first-order chi connectivity index (χ1) is 14.8. The predicted octanol–water partition coefficient (Wildman–Crippen LogP) is 3.03. The average Bonchev–Trinajstić information content (AvgIpc) is 3.34. The number of amides is 1. The van der Waals surface area contributed by atoms with Crippen molar-refractivity contribution in [3.63, 3.8) is 0 Å². The van der Waals surface area contributed by atoms with Crippen molar-refractivity contribution >= 4 is 11.6 Å². The molecule has 1 amide bonds. The molecule has 0 bridgehead atoms. The zero-order valence-corrected chi connectivity index (χ0v) is 16.2. The molecule has 0 saturated heterocycles. The van der Waals surface area contributed by atoms with Crippen molar-refractivity contribution in [3.05, 3.63) is 114 Å². The second-order valence-corrected chi connectivity index (χ2v) is 6.66. The van der Waals surface area contributed by atoms with Gasteiger partial charge in [0.05, 0.1) is 5.71 Å². The topological polar surface area (TPSA) is 85.1 Å². The summed E-state index contributed by atoms with van der Waals surface area (Å²) in [6, 6.07) is 28.6. The van der Waals surface area contributed by atoms with E-state index in [4.69, 9.17) is 0 Å². The fraction of sp³-hybridized carbons (Fsp3) is 0.0870. The molecular formula is C23H20N6O.